The molecule has 2 N–H and O–H groups in total. The maximum atomic E-state index is 11.0. The third-order valence-corrected chi connectivity index (χ3v) is 1.75. The van der Waals surface area contributed by atoms with Gasteiger partial charge in [-0.05, 0) is 5.41 Å². The second-order valence-electron chi connectivity index (χ2n) is 4.66. The fraction of sp³-hybridized carbons (Fsp3) is 0.667. The van der Waals surface area contributed by atoms with Crippen molar-refractivity contribution in [3.63, 3.8) is 0 Å². The molecule has 1 rings (SSSR count). The van der Waals surface area contributed by atoms with Crippen LogP contribution in [-0.4, -0.2) is 38.1 Å². The zero-order valence-corrected chi connectivity index (χ0v) is 9.19. The van der Waals surface area contributed by atoms with Gasteiger partial charge in [0.15, 0.2) is 0 Å². The predicted molar refractivity (Wildman–Crippen MR) is 54.3 cm³/mol. The minimum absolute atomic E-state index is 0.0673. The van der Waals surface area contributed by atoms with E-state index in [0.29, 0.717) is 12.2 Å². The molecule has 0 aromatic carbocycles. The topological polar surface area (TPSA) is 82.1 Å². The average molecular weight is 212 g/mol. The first kappa shape index (κ1) is 11.5. The third-order valence-electron chi connectivity index (χ3n) is 1.75. The van der Waals surface area contributed by atoms with Gasteiger partial charge in [-0.2, -0.15) is 15.4 Å². The summed E-state index contributed by atoms with van der Waals surface area (Å²) in [4.78, 5) is 12.3. The van der Waals surface area contributed by atoms with Crippen LogP contribution in [0.15, 0.2) is 6.20 Å². The van der Waals surface area contributed by atoms with Gasteiger partial charge in [-0.15, -0.1) is 0 Å². The average Bonchev–Trinajstić information content (AvgIpc) is 2.52. The second kappa shape index (κ2) is 4.29. The number of carbonyl (C=O) groups is 1. The molecule has 0 spiro atoms. The molecule has 0 radical (unpaired) electrons. The number of carboxylic acid groups (broad SMARTS) is 1. The van der Waals surface area contributed by atoms with Gasteiger partial charge >= 0.3 is 6.09 Å². The Morgan fingerprint density at radius 2 is 2.27 bits per heavy atom. The summed E-state index contributed by atoms with van der Waals surface area (Å²) >= 11 is 0. The first-order valence-corrected chi connectivity index (χ1v) is 4.71. The number of nitrogens with one attached hydrogen (secondary N) is 1. The Morgan fingerprint density at radius 1 is 1.60 bits per heavy atom. The smallest absolute Gasteiger partial charge is 0.407 e. The maximum absolute atomic E-state index is 11.0. The number of hydrogen-bond donors (Lipinski definition) is 2. The molecule has 0 atom stereocenters. The number of hydrogen-bond acceptors (Lipinski definition) is 3. The van der Waals surface area contributed by atoms with Crippen molar-refractivity contribution < 1.29 is 9.90 Å². The molecule has 0 saturated heterocycles. The molecular weight excluding hydrogens is 196 g/mol. The summed E-state index contributed by atoms with van der Waals surface area (Å²) in [5.74, 6) is 0. The highest BCUT2D eigenvalue weighted by atomic mass is 16.4. The van der Waals surface area contributed by atoms with Gasteiger partial charge in [-0.3, -0.25) is 0 Å². The van der Waals surface area contributed by atoms with Crippen LogP contribution in [0.5, 0.6) is 0 Å². The molecule has 0 fully saturated rings. The molecule has 0 bridgehead atoms. The van der Waals surface area contributed by atoms with Crippen LogP contribution in [0.4, 0.5) is 4.79 Å². The van der Waals surface area contributed by atoms with Crippen LogP contribution in [0.2, 0.25) is 0 Å². The van der Waals surface area contributed by atoms with E-state index in [2.05, 4.69) is 15.4 Å². The first-order valence-electron chi connectivity index (χ1n) is 4.71. The second-order valence-corrected chi connectivity index (χ2v) is 4.66. The first-order chi connectivity index (χ1) is 6.88. The van der Waals surface area contributed by atoms with E-state index < -0.39 is 6.09 Å². The largest absolute Gasteiger partial charge is 0.465 e. The van der Waals surface area contributed by atoms with Gasteiger partial charge in [0.05, 0.1) is 12.7 Å². The van der Waals surface area contributed by atoms with E-state index in [4.69, 9.17) is 5.11 Å². The molecule has 1 heterocycles. The summed E-state index contributed by atoms with van der Waals surface area (Å²) in [7, 11) is 0. The Bertz CT molecular complexity index is 315. The number of aromatic amines is 1. The molecule has 0 aliphatic carbocycles. The minimum atomic E-state index is -0.937. The Labute approximate surface area is 88.3 Å². The highest BCUT2D eigenvalue weighted by Gasteiger charge is 2.21. The lowest BCUT2D eigenvalue weighted by Gasteiger charge is -2.26. The molecular formula is C9H16N4O2. The highest BCUT2D eigenvalue weighted by molar-refractivity contribution is 5.64. The standard InChI is InChI=1S/C9H16N4O2/c1-9(2,3)6-13(8(14)15)5-7-4-10-12-11-7/h4H,5-6H2,1-3H3,(H,14,15)(H,10,11,12). The van der Waals surface area contributed by atoms with E-state index in [0.717, 1.165) is 0 Å². The van der Waals surface area contributed by atoms with Crippen LogP contribution in [0, 0.1) is 5.41 Å². The van der Waals surface area contributed by atoms with Crippen molar-refractivity contribution in [2.45, 2.75) is 27.3 Å². The SMILES string of the molecule is CC(C)(C)CN(Cc1cn[nH]n1)C(=O)O. The van der Waals surface area contributed by atoms with Crippen molar-refractivity contribution in [2.75, 3.05) is 6.54 Å². The molecule has 1 amide bonds. The van der Waals surface area contributed by atoms with E-state index in [9.17, 15) is 4.79 Å². The summed E-state index contributed by atoms with van der Waals surface area (Å²) in [5.41, 5.74) is 0.559. The van der Waals surface area contributed by atoms with Gasteiger partial charge < -0.3 is 10.0 Å². The van der Waals surface area contributed by atoms with E-state index in [1.54, 1.807) is 0 Å². The Hall–Kier alpha value is -1.59. The van der Waals surface area contributed by atoms with Gasteiger partial charge in [0.2, 0.25) is 0 Å². The molecule has 6 heteroatoms. The molecule has 0 unspecified atom stereocenters. The monoisotopic (exact) mass is 212 g/mol. The lowest BCUT2D eigenvalue weighted by Crippen LogP contribution is -2.36. The summed E-state index contributed by atoms with van der Waals surface area (Å²) in [6, 6.07) is 0. The minimum Gasteiger partial charge on any atom is -0.465 e. The molecule has 15 heavy (non-hydrogen) atoms. The molecule has 0 aliphatic heterocycles. The van der Waals surface area contributed by atoms with Crippen molar-refractivity contribution in [3.05, 3.63) is 11.9 Å². The van der Waals surface area contributed by atoms with Gasteiger partial charge in [0.1, 0.15) is 5.69 Å². The van der Waals surface area contributed by atoms with Crippen molar-refractivity contribution >= 4 is 6.09 Å². The number of nitrogens with zero attached hydrogens (tertiary/aromatic N) is 3. The fourth-order valence-corrected chi connectivity index (χ4v) is 1.26. The molecule has 1 aromatic heterocycles. The van der Waals surface area contributed by atoms with Crippen LogP contribution in [0.1, 0.15) is 26.5 Å². The number of rotatable bonds is 3. The summed E-state index contributed by atoms with van der Waals surface area (Å²) in [5, 5.41) is 18.9. The third kappa shape index (κ3) is 3.97. The summed E-state index contributed by atoms with van der Waals surface area (Å²) < 4.78 is 0. The predicted octanol–water partition coefficient (Wildman–Crippen LogP) is 1.33. The van der Waals surface area contributed by atoms with Crippen LogP contribution < -0.4 is 0 Å². The van der Waals surface area contributed by atoms with Crippen LogP contribution in [0.25, 0.3) is 0 Å². The number of H-pyrrole nitrogens is 1. The van der Waals surface area contributed by atoms with Crippen molar-refractivity contribution in [2.24, 2.45) is 5.41 Å². The molecule has 1 aromatic rings. The highest BCUT2D eigenvalue weighted by Crippen LogP contribution is 2.16. The lowest BCUT2D eigenvalue weighted by molar-refractivity contribution is 0.122. The van der Waals surface area contributed by atoms with Crippen LogP contribution in [-0.2, 0) is 6.54 Å². The van der Waals surface area contributed by atoms with E-state index in [1.165, 1.54) is 11.1 Å². The molecule has 6 nitrogen and oxygen atoms in total. The van der Waals surface area contributed by atoms with Crippen molar-refractivity contribution in [3.8, 4) is 0 Å². The molecule has 0 saturated carbocycles. The Kier molecular flexibility index (Phi) is 3.28. The van der Waals surface area contributed by atoms with E-state index in [-0.39, 0.29) is 12.0 Å². The van der Waals surface area contributed by atoms with Crippen molar-refractivity contribution in [1.29, 1.82) is 0 Å². The van der Waals surface area contributed by atoms with Gasteiger partial charge in [-0.1, -0.05) is 20.8 Å². The Balaban J connectivity index is 2.63. The zero-order valence-electron chi connectivity index (χ0n) is 9.19. The summed E-state index contributed by atoms with van der Waals surface area (Å²) in [6.45, 7) is 6.71. The maximum Gasteiger partial charge on any atom is 0.407 e. The van der Waals surface area contributed by atoms with Gasteiger partial charge in [0, 0.05) is 6.54 Å². The Morgan fingerprint density at radius 3 is 2.67 bits per heavy atom. The quantitative estimate of drug-likeness (QED) is 0.791. The zero-order chi connectivity index (χ0) is 11.5. The number of amides is 1. The van der Waals surface area contributed by atoms with E-state index >= 15 is 0 Å². The molecule has 84 valence electrons. The van der Waals surface area contributed by atoms with Crippen molar-refractivity contribution in [1.82, 2.24) is 20.3 Å². The van der Waals surface area contributed by atoms with Gasteiger partial charge in [-0.25, -0.2) is 4.79 Å². The molecule has 0 aliphatic rings. The van der Waals surface area contributed by atoms with E-state index in [1.807, 2.05) is 20.8 Å². The summed E-state index contributed by atoms with van der Waals surface area (Å²) in [6.07, 6.45) is 0.589. The van der Waals surface area contributed by atoms with Crippen LogP contribution in [0.3, 0.4) is 0 Å². The lowest BCUT2D eigenvalue weighted by atomic mass is 9.96. The fourth-order valence-electron chi connectivity index (χ4n) is 1.26. The number of aromatic nitrogens is 3. The van der Waals surface area contributed by atoms with Crippen LogP contribution >= 0.6 is 0 Å². The van der Waals surface area contributed by atoms with Gasteiger partial charge in [0.25, 0.3) is 0 Å². The normalized spacial score (nSPS) is 11.4.